The summed E-state index contributed by atoms with van der Waals surface area (Å²) < 4.78 is 5.60. The van der Waals surface area contributed by atoms with Crippen molar-refractivity contribution < 1.29 is 4.74 Å². The van der Waals surface area contributed by atoms with Crippen LogP contribution in [0.2, 0.25) is 0 Å². The number of aromatic nitrogens is 2. The van der Waals surface area contributed by atoms with Gasteiger partial charge in [0.1, 0.15) is 17.5 Å². The molecule has 0 aliphatic heterocycles. The Labute approximate surface area is 121 Å². The fourth-order valence-corrected chi connectivity index (χ4v) is 2.53. The van der Waals surface area contributed by atoms with Crippen LogP contribution in [0.1, 0.15) is 44.5 Å². The van der Waals surface area contributed by atoms with Crippen LogP contribution in [0.5, 0.6) is 0 Å². The van der Waals surface area contributed by atoms with E-state index in [1.807, 2.05) is 14.0 Å². The highest BCUT2D eigenvalue weighted by atomic mass is 16.5. The molecule has 1 aliphatic carbocycles. The Hall–Kier alpha value is -1.36. The summed E-state index contributed by atoms with van der Waals surface area (Å²) in [5.74, 6) is 2.80. The van der Waals surface area contributed by atoms with Crippen molar-refractivity contribution >= 4 is 11.6 Å². The third kappa shape index (κ3) is 3.39. The first-order chi connectivity index (χ1) is 9.67. The summed E-state index contributed by atoms with van der Waals surface area (Å²) in [7, 11) is 1.91. The molecule has 20 heavy (non-hydrogen) atoms. The number of aryl methyl sites for hydroxylation is 1. The van der Waals surface area contributed by atoms with E-state index in [1.165, 1.54) is 0 Å². The fraction of sp³-hybridized carbons (Fsp3) is 0.733. The predicted octanol–water partition coefficient (Wildman–Crippen LogP) is 2.76. The fourth-order valence-electron chi connectivity index (χ4n) is 2.53. The first-order valence-electron chi connectivity index (χ1n) is 7.61. The number of hydrogen-bond acceptors (Lipinski definition) is 5. The lowest BCUT2D eigenvalue weighted by molar-refractivity contribution is 0.00291. The third-order valence-electron chi connectivity index (χ3n) is 3.74. The second kappa shape index (κ2) is 6.88. The maximum Gasteiger partial charge on any atom is 0.134 e. The van der Waals surface area contributed by atoms with Crippen LogP contribution in [0, 0.1) is 6.92 Å². The quantitative estimate of drug-likeness (QED) is 0.803. The van der Waals surface area contributed by atoms with Crippen LogP contribution in [-0.2, 0) is 11.2 Å². The van der Waals surface area contributed by atoms with Gasteiger partial charge < -0.3 is 15.4 Å². The maximum atomic E-state index is 5.60. The van der Waals surface area contributed by atoms with Crippen molar-refractivity contribution in [1.82, 2.24) is 9.97 Å². The molecule has 1 aromatic heterocycles. The van der Waals surface area contributed by atoms with E-state index in [2.05, 4.69) is 34.4 Å². The van der Waals surface area contributed by atoms with Crippen molar-refractivity contribution in [3.05, 3.63) is 11.4 Å². The average Bonchev–Trinajstić information content (AvgIpc) is 2.39. The second-order valence-corrected chi connectivity index (χ2v) is 5.35. The van der Waals surface area contributed by atoms with Gasteiger partial charge in [-0.2, -0.15) is 0 Å². The van der Waals surface area contributed by atoms with E-state index in [0.717, 1.165) is 55.3 Å². The molecule has 0 radical (unpaired) electrons. The van der Waals surface area contributed by atoms with Gasteiger partial charge in [0.05, 0.1) is 6.10 Å². The van der Waals surface area contributed by atoms with Gasteiger partial charge in [0.2, 0.25) is 0 Å². The molecule has 0 atom stereocenters. The summed E-state index contributed by atoms with van der Waals surface area (Å²) in [6.45, 7) is 7.05. The predicted molar refractivity (Wildman–Crippen MR) is 82.4 cm³/mol. The van der Waals surface area contributed by atoms with Gasteiger partial charge in [-0.3, -0.25) is 0 Å². The zero-order valence-electron chi connectivity index (χ0n) is 13.0. The van der Waals surface area contributed by atoms with E-state index in [-0.39, 0.29) is 0 Å². The minimum atomic E-state index is 0.415. The highest BCUT2D eigenvalue weighted by Gasteiger charge is 2.30. The van der Waals surface area contributed by atoms with Gasteiger partial charge >= 0.3 is 0 Å². The molecule has 1 saturated carbocycles. The van der Waals surface area contributed by atoms with E-state index in [4.69, 9.17) is 4.74 Å². The van der Waals surface area contributed by atoms with Crippen LogP contribution in [0.25, 0.3) is 0 Å². The summed E-state index contributed by atoms with van der Waals surface area (Å²) in [5.41, 5.74) is 1.09. The van der Waals surface area contributed by atoms with Crippen LogP contribution in [0.15, 0.2) is 0 Å². The maximum absolute atomic E-state index is 5.60. The first kappa shape index (κ1) is 15.0. The number of nitrogens with zero attached hydrogens (tertiary/aromatic N) is 2. The number of anilines is 2. The van der Waals surface area contributed by atoms with Crippen molar-refractivity contribution in [2.75, 3.05) is 24.3 Å². The van der Waals surface area contributed by atoms with Crippen LogP contribution < -0.4 is 10.6 Å². The van der Waals surface area contributed by atoms with Crippen molar-refractivity contribution in [1.29, 1.82) is 0 Å². The first-order valence-corrected chi connectivity index (χ1v) is 7.61. The van der Waals surface area contributed by atoms with E-state index in [9.17, 15) is 0 Å². The topological polar surface area (TPSA) is 59.1 Å². The monoisotopic (exact) mass is 278 g/mol. The average molecular weight is 278 g/mol. The molecule has 1 heterocycles. The van der Waals surface area contributed by atoms with Gasteiger partial charge in [-0.15, -0.1) is 0 Å². The Morgan fingerprint density at radius 1 is 1.20 bits per heavy atom. The van der Waals surface area contributed by atoms with E-state index in [0.29, 0.717) is 12.1 Å². The number of ether oxygens (including phenoxy) is 1. The largest absolute Gasteiger partial charge is 0.378 e. The standard InChI is InChI=1S/C15H26N4O/c1-5-7-13-18-14(16-4)10(3)15(19-13)17-11-8-12(9-11)20-6-2/h11-12H,5-9H2,1-4H3,(H2,16,17,18,19). The third-order valence-corrected chi connectivity index (χ3v) is 3.74. The highest BCUT2D eigenvalue weighted by Crippen LogP contribution is 2.29. The molecular formula is C15H26N4O. The Kier molecular flexibility index (Phi) is 5.17. The van der Waals surface area contributed by atoms with Crippen molar-refractivity contribution in [3.8, 4) is 0 Å². The van der Waals surface area contributed by atoms with Crippen LogP contribution >= 0.6 is 0 Å². The molecular weight excluding hydrogens is 252 g/mol. The molecule has 2 rings (SSSR count). The molecule has 1 aromatic rings. The van der Waals surface area contributed by atoms with Crippen molar-refractivity contribution in [3.63, 3.8) is 0 Å². The Balaban J connectivity index is 2.05. The zero-order valence-corrected chi connectivity index (χ0v) is 13.0. The Morgan fingerprint density at radius 3 is 2.50 bits per heavy atom. The van der Waals surface area contributed by atoms with Crippen molar-refractivity contribution in [2.24, 2.45) is 0 Å². The molecule has 0 unspecified atom stereocenters. The summed E-state index contributed by atoms with van der Waals surface area (Å²) in [4.78, 5) is 9.21. The summed E-state index contributed by atoms with van der Waals surface area (Å²) in [6, 6.07) is 0.472. The van der Waals surface area contributed by atoms with Gasteiger partial charge in [0.15, 0.2) is 0 Å². The molecule has 2 N–H and O–H groups in total. The number of nitrogens with one attached hydrogen (secondary N) is 2. The Morgan fingerprint density at radius 2 is 1.90 bits per heavy atom. The van der Waals surface area contributed by atoms with Gasteiger partial charge in [0, 0.05) is 31.7 Å². The lowest BCUT2D eigenvalue weighted by atomic mass is 9.89. The second-order valence-electron chi connectivity index (χ2n) is 5.35. The molecule has 5 heteroatoms. The molecule has 0 amide bonds. The summed E-state index contributed by atoms with van der Waals surface area (Å²) in [6.07, 6.45) is 4.51. The molecule has 1 fully saturated rings. The Bertz CT molecular complexity index is 444. The molecule has 5 nitrogen and oxygen atoms in total. The molecule has 0 bridgehead atoms. The van der Waals surface area contributed by atoms with Crippen LogP contribution in [0.3, 0.4) is 0 Å². The molecule has 0 saturated heterocycles. The molecule has 112 valence electrons. The molecule has 1 aliphatic rings. The highest BCUT2D eigenvalue weighted by molar-refractivity contribution is 5.57. The minimum absolute atomic E-state index is 0.415. The van der Waals surface area contributed by atoms with Gasteiger partial charge in [-0.05, 0) is 33.1 Å². The SMILES string of the molecule is CCCc1nc(NC)c(C)c(NC2CC(OCC)C2)n1. The molecule has 0 spiro atoms. The van der Waals surface area contributed by atoms with E-state index in [1.54, 1.807) is 0 Å². The van der Waals surface area contributed by atoms with E-state index < -0.39 is 0 Å². The van der Waals surface area contributed by atoms with Crippen LogP contribution in [0.4, 0.5) is 11.6 Å². The van der Waals surface area contributed by atoms with Crippen LogP contribution in [-0.4, -0.2) is 35.8 Å². The lowest BCUT2D eigenvalue weighted by Gasteiger charge is -2.36. The van der Waals surface area contributed by atoms with Crippen molar-refractivity contribution in [2.45, 2.75) is 58.6 Å². The van der Waals surface area contributed by atoms with Gasteiger partial charge in [-0.25, -0.2) is 9.97 Å². The van der Waals surface area contributed by atoms with Gasteiger partial charge in [0.25, 0.3) is 0 Å². The zero-order chi connectivity index (χ0) is 14.5. The minimum Gasteiger partial charge on any atom is -0.378 e. The smallest absolute Gasteiger partial charge is 0.134 e. The lowest BCUT2D eigenvalue weighted by Crippen LogP contribution is -2.41. The van der Waals surface area contributed by atoms with E-state index >= 15 is 0 Å². The number of hydrogen-bond donors (Lipinski definition) is 2. The molecule has 0 aromatic carbocycles. The normalized spacial score (nSPS) is 21.4. The number of rotatable bonds is 7. The van der Waals surface area contributed by atoms with Gasteiger partial charge in [-0.1, -0.05) is 6.92 Å². The summed E-state index contributed by atoms with van der Waals surface area (Å²) >= 11 is 0. The summed E-state index contributed by atoms with van der Waals surface area (Å²) in [5, 5.41) is 6.69.